The highest BCUT2D eigenvalue weighted by Gasteiger charge is 2.19. The molecule has 1 N–H and O–H groups in total. The molecule has 0 atom stereocenters. The van der Waals surface area contributed by atoms with Gasteiger partial charge < -0.3 is 10.1 Å². The average Bonchev–Trinajstić information content (AvgIpc) is 3.02. The standard InChI is InChI=1S/C23H24N4O2/c1-14(2)13-27-22-18(12-16-9-7-8-15(3)20(16)24-22)21(26-27)25-23(28)17-10-5-6-11-19(17)29-4/h5-12,14H,13H2,1-4H3,(H,25,26,28). The molecule has 0 aliphatic carbocycles. The monoisotopic (exact) mass is 388 g/mol. The molecule has 2 aromatic heterocycles. The van der Waals surface area contributed by atoms with E-state index in [1.54, 1.807) is 19.2 Å². The molecule has 0 unspecified atom stereocenters. The van der Waals surface area contributed by atoms with Crippen molar-refractivity contribution in [3.63, 3.8) is 0 Å². The summed E-state index contributed by atoms with van der Waals surface area (Å²) < 4.78 is 7.20. The third-order valence-corrected chi connectivity index (χ3v) is 4.87. The predicted molar refractivity (Wildman–Crippen MR) is 116 cm³/mol. The van der Waals surface area contributed by atoms with E-state index < -0.39 is 0 Å². The van der Waals surface area contributed by atoms with E-state index in [0.717, 1.165) is 27.5 Å². The number of anilines is 1. The number of nitrogens with zero attached hydrogens (tertiary/aromatic N) is 3. The minimum absolute atomic E-state index is 0.261. The summed E-state index contributed by atoms with van der Waals surface area (Å²) in [5.74, 6) is 1.16. The second-order valence-corrected chi connectivity index (χ2v) is 7.59. The molecule has 0 fully saturated rings. The first kappa shape index (κ1) is 18.9. The molecule has 0 saturated carbocycles. The van der Waals surface area contributed by atoms with Gasteiger partial charge in [0.1, 0.15) is 5.75 Å². The summed E-state index contributed by atoms with van der Waals surface area (Å²) >= 11 is 0. The van der Waals surface area contributed by atoms with Gasteiger partial charge in [0.15, 0.2) is 11.5 Å². The number of para-hydroxylation sites is 2. The average molecular weight is 388 g/mol. The van der Waals surface area contributed by atoms with Crippen molar-refractivity contribution in [3.8, 4) is 5.75 Å². The summed E-state index contributed by atoms with van der Waals surface area (Å²) in [5.41, 5.74) is 3.30. The number of pyridine rings is 1. The maximum absolute atomic E-state index is 12.9. The van der Waals surface area contributed by atoms with Crippen LogP contribution in [-0.2, 0) is 6.54 Å². The van der Waals surface area contributed by atoms with Gasteiger partial charge >= 0.3 is 0 Å². The third-order valence-electron chi connectivity index (χ3n) is 4.87. The van der Waals surface area contributed by atoms with Gasteiger partial charge in [0.25, 0.3) is 5.91 Å². The number of ether oxygens (including phenoxy) is 1. The van der Waals surface area contributed by atoms with Gasteiger partial charge in [-0.1, -0.05) is 44.2 Å². The van der Waals surface area contributed by atoms with Crippen LogP contribution < -0.4 is 10.1 Å². The molecule has 2 heterocycles. The van der Waals surface area contributed by atoms with Gasteiger partial charge in [-0.25, -0.2) is 9.67 Å². The SMILES string of the molecule is COc1ccccc1C(=O)Nc1nn(CC(C)C)c2nc3c(C)cccc3cc12. The molecule has 0 saturated heterocycles. The fraction of sp³-hybridized carbons (Fsp3) is 0.261. The van der Waals surface area contributed by atoms with Crippen LogP contribution in [0.3, 0.4) is 0 Å². The van der Waals surface area contributed by atoms with E-state index in [9.17, 15) is 4.79 Å². The Hall–Kier alpha value is -3.41. The minimum Gasteiger partial charge on any atom is -0.496 e. The number of amides is 1. The van der Waals surface area contributed by atoms with Gasteiger partial charge in [0.2, 0.25) is 0 Å². The van der Waals surface area contributed by atoms with Gasteiger partial charge in [-0.05, 0) is 36.6 Å². The molecule has 0 spiro atoms. The van der Waals surface area contributed by atoms with Gasteiger partial charge in [-0.3, -0.25) is 4.79 Å². The molecule has 4 rings (SSSR count). The van der Waals surface area contributed by atoms with Crippen molar-refractivity contribution in [1.29, 1.82) is 0 Å². The molecule has 1 amide bonds. The number of carbonyl (C=O) groups excluding carboxylic acids is 1. The van der Waals surface area contributed by atoms with Crippen molar-refractivity contribution >= 4 is 33.7 Å². The summed E-state index contributed by atoms with van der Waals surface area (Å²) in [6, 6.07) is 15.3. The molecule has 0 aliphatic heterocycles. The number of nitrogens with one attached hydrogen (secondary N) is 1. The number of carbonyl (C=O) groups is 1. The Labute approximate surface area is 169 Å². The van der Waals surface area contributed by atoms with E-state index in [2.05, 4.69) is 37.3 Å². The molecule has 0 aliphatic rings. The number of rotatable bonds is 5. The number of aromatic nitrogens is 3. The second-order valence-electron chi connectivity index (χ2n) is 7.59. The van der Waals surface area contributed by atoms with Gasteiger partial charge in [-0.2, -0.15) is 5.10 Å². The Morgan fingerprint density at radius 3 is 2.72 bits per heavy atom. The quantitative estimate of drug-likeness (QED) is 0.533. The lowest BCUT2D eigenvalue weighted by molar-refractivity contribution is 0.102. The number of hydrogen-bond donors (Lipinski definition) is 1. The van der Waals surface area contributed by atoms with Gasteiger partial charge in [-0.15, -0.1) is 0 Å². The smallest absolute Gasteiger partial charge is 0.260 e. The minimum atomic E-state index is -0.261. The van der Waals surface area contributed by atoms with Crippen LogP contribution in [0.2, 0.25) is 0 Å². The Morgan fingerprint density at radius 2 is 1.97 bits per heavy atom. The van der Waals surface area contributed by atoms with Crippen LogP contribution in [0.1, 0.15) is 29.8 Å². The van der Waals surface area contributed by atoms with E-state index >= 15 is 0 Å². The summed E-state index contributed by atoms with van der Waals surface area (Å²) in [6.07, 6.45) is 0. The second kappa shape index (κ2) is 7.54. The van der Waals surface area contributed by atoms with Crippen LogP contribution in [-0.4, -0.2) is 27.8 Å². The summed E-state index contributed by atoms with van der Waals surface area (Å²) in [7, 11) is 1.55. The zero-order valence-electron chi connectivity index (χ0n) is 17.1. The van der Waals surface area contributed by atoms with Crippen molar-refractivity contribution in [2.75, 3.05) is 12.4 Å². The number of hydrogen-bond acceptors (Lipinski definition) is 4. The lowest BCUT2D eigenvalue weighted by Crippen LogP contribution is -2.14. The third kappa shape index (κ3) is 3.53. The fourth-order valence-electron chi connectivity index (χ4n) is 3.50. The largest absolute Gasteiger partial charge is 0.496 e. The normalized spacial score (nSPS) is 11.3. The molecule has 0 radical (unpaired) electrons. The fourth-order valence-corrected chi connectivity index (χ4v) is 3.50. The van der Waals surface area contributed by atoms with E-state index in [1.165, 1.54) is 0 Å². The van der Waals surface area contributed by atoms with E-state index in [-0.39, 0.29) is 5.91 Å². The van der Waals surface area contributed by atoms with Crippen LogP contribution in [0.5, 0.6) is 5.75 Å². The highest BCUT2D eigenvalue weighted by molar-refractivity contribution is 6.10. The van der Waals surface area contributed by atoms with Gasteiger partial charge in [0.05, 0.1) is 23.6 Å². The maximum Gasteiger partial charge on any atom is 0.260 e. The van der Waals surface area contributed by atoms with Crippen molar-refractivity contribution in [2.45, 2.75) is 27.3 Å². The number of methoxy groups -OCH3 is 1. The Balaban J connectivity index is 1.84. The summed E-state index contributed by atoms with van der Waals surface area (Å²) in [5, 5.41) is 9.49. The lowest BCUT2D eigenvalue weighted by atomic mass is 10.1. The molecule has 4 aromatic rings. The van der Waals surface area contributed by atoms with Crippen LogP contribution in [0.15, 0.2) is 48.5 Å². The van der Waals surface area contributed by atoms with E-state index in [1.807, 2.05) is 35.0 Å². The molecule has 6 heteroatoms. The zero-order valence-corrected chi connectivity index (χ0v) is 17.1. The van der Waals surface area contributed by atoms with Crippen LogP contribution >= 0.6 is 0 Å². The first-order valence-corrected chi connectivity index (χ1v) is 9.69. The van der Waals surface area contributed by atoms with Crippen LogP contribution in [0, 0.1) is 12.8 Å². The van der Waals surface area contributed by atoms with Crippen LogP contribution in [0.25, 0.3) is 21.9 Å². The molecule has 148 valence electrons. The van der Waals surface area contributed by atoms with Crippen molar-refractivity contribution < 1.29 is 9.53 Å². The predicted octanol–water partition coefficient (Wildman–Crippen LogP) is 4.81. The highest BCUT2D eigenvalue weighted by atomic mass is 16.5. The van der Waals surface area contributed by atoms with Crippen molar-refractivity contribution in [1.82, 2.24) is 14.8 Å². The molecule has 2 aromatic carbocycles. The molecular formula is C23H24N4O2. The van der Waals surface area contributed by atoms with Crippen molar-refractivity contribution in [3.05, 3.63) is 59.7 Å². The van der Waals surface area contributed by atoms with Crippen molar-refractivity contribution in [2.24, 2.45) is 5.92 Å². The molecule has 0 bridgehead atoms. The Bertz CT molecular complexity index is 1210. The first-order chi connectivity index (χ1) is 14.0. The summed E-state index contributed by atoms with van der Waals surface area (Å²) in [4.78, 5) is 17.8. The lowest BCUT2D eigenvalue weighted by Gasteiger charge is -2.08. The zero-order chi connectivity index (χ0) is 20.5. The van der Waals surface area contributed by atoms with E-state index in [0.29, 0.717) is 29.6 Å². The Morgan fingerprint density at radius 1 is 1.17 bits per heavy atom. The number of aryl methyl sites for hydroxylation is 1. The highest BCUT2D eigenvalue weighted by Crippen LogP contribution is 2.29. The number of benzene rings is 2. The first-order valence-electron chi connectivity index (χ1n) is 9.69. The van der Waals surface area contributed by atoms with E-state index in [4.69, 9.17) is 9.72 Å². The Kier molecular flexibility index (Phi) is 4.92. The van der Waals surface area contributed by atoms with Gasteiger partial charge in [0, 0.05) is 11.9 Å². The molecule has 6 nitrogen and oxygen atoms in total. The molecular weight excluding hydrogens is 364 g/mol. The molecule has 29 heavy (non-hydrogen) atoms. The summed E-state index contributed by atoms with van der Waals surface area (Å²) in [6.45, 7) is 7.03. The number of fused-ring (bicyclic) bond motifs is 2. The maximum atomic E-state index is 12.9. The van der Waals surface area contributed by atoms with Crippen LogP contribution in [0.4, 0.5) is 5.82 Å². The topological polar surface area (TPSA) is 69.0 Å².